The summed E-state index contributed by atoms with van der Waals surface area (Å²) >= 11 is 0. The molecule has 18 heavy (non-hydrogen) atoms. The van der Waals surface area contributed by atoms with Crippen molar-refractivity contribution in [3.8, 4) is 0 Å². The van der Waals surface area contributed by atoms with Gasteiger partial charge in [0.1, 0.15) is 0 Å². The summed E-state index contributed by atoms with van der Waals surface area (Å²) in [7, 11) is 0.188. The van der Waals surface area contributed by atoms with Gasteiger partial charge in [-0.15, -0.1) is 0 Å². The van der Waals surface area contributed by atoms with E-state index in [-0.39, 0.29) is 5.97 Å². The summed E-state index contributed by atoms with van der Waals surface area (Å²) in [4.78, 5) is 11.8. The molecule has 0 unspecified atom stereocenters. The second kappa shape index (κ2) is 4.61. The lowest BCUT2D eigenvalue weighted by atomic mass is 10.2. The number of esters is 1. The Kier molecular flexibility index (Phi) is 3.30. The van der Waals surface area contributed by atoms with Crippen LogP contribution in [0.3, 0.4) is 0 Å². The van der Waals surface area contributed by atoms with E-state index < -0.39 is 8.07 Å². The lowest BCUT2D eigenvalue weighted by molar-refractivity contribution is 0.0603. The molecule has 0 amide bonds. The van der Waals surface area contributed by atoms with E-state index in [1.54, 1.807) is 0 Å². The first kappa shape index (κ1) is 12.9. The fourth-order valence-electron chi connectivity index (χ4n) is 2.16. The van der Waals surface area contributed by atoms with Gasteiger partial charge in [-0.2, -0.15) is 0 Å². The predicted octanol–water partition coefficient (Wildman–Crippen LogP) is 3.31. The standard InChI is InChI=1S/C14H19NO2Si/c1-17-14(16)12-9-15(10-18(2,3)4)13-8-6-5-7-11(12)13/h5-9H,10H2,1-4H3. The van der Waals surface area contributed by atoms with Crippen molar-refractivity contribution in [2.24, 2.45) is 0 Å². The lowest BCUT2D eigenvalue weighted by Crippen LogP contribution is -2.27. The highest BCUT2D eigenvalue weighted by Gasteiger charge is 2.19. The largest absolute Gasteiger partial charge is 0.465 e. The third-order valence-electron chi connectivity index (χ3n) is 2.84. The molecule has 0 bridgehead atoms. The van der Waals surface area contributed by atoms with Crippen molar-refractivity contribution in [1.82, 2.24) is 4.57 Å². The van der Waals surface area contributed by atoms with Crippen molar-refractivity contribution in [2.45, 2.75) is 25.8 Å². The lowest BCUT2D eigenvalue weighted by Gasteiger charge is -2.17. The quantitative estimate of drug-likeness (QED) is 0.627. The molecule has 0 saturated heterocycles. The van der Waals surface area contributed by atoms with E-state index in [1.165, 1.54) is 7.11 Å². The van der Waals surface area contributed by atoms with Gasteiger partial charge in [0.05, 0.1) is 20.7 Å². The van der Waals surface area contributed by atoms with Gasteiger partial charge in [0.15, 0.2) is 0 Å². The van der Waals surface area contributed by atoms with Crippen molar-refractivity contribution in [2.75, 3.05) is 7.11 Å². The van der Waals surface area contributed by atoms with Gasteiger partial charge in [-0.1, -0.05) is 37.8 Å². The minimum Gasteiger partial charge on any atom is -0.465 e. The van der Waals surface area contributed by atoms with E-state index in [9.17, 15) is 4.79 Å². The van der Waals surface area contributed by atoms with Crippen LogP contribution in [0, 0.1) is 0 Å². The molecule has 0 aliphatic heterocycles. The van der Waals surface area contributed by atoms with Gasteiger partial charge in [-0.25, -0.2) is 4.79 Å². The number of methoxy groups -OCH3 is 1. The van der Waals surface area contributed by atoms with E-state index in [2.05, 4.69) is 30.3 Å². The van der Waals surface area contributed by atoms with Crippen molar-refractivity contribution in [3.05, 3.63) is 36.0 Å². The average Bonchev–Trinajstić information content (AvgIpc) is 2.65. The van der Waals surface area contributed by atoms with Gasteiger partial charge in [-0.05, 0) is 6.07 Å². The summed E-state index contributed by atoms with van der Waals surface area (Å²) in [5, 5.41) is 0.975. The first-order chi connectivity index (χ1) is 8.42. The van der Waals surface area contributed by atoms with Gasteiger partial charge in [-0.3, -0.25) is 0 Å². The van der Waals surface area contributed by atoms with Crippen molar-refractivity contribution < 1.29 is 9.53 Å². The topological polar surface area (TPSA) is 31.2 Å². The molecule has 1 aromatic carbocycles. The minimum atomic E-state index is -1.24. The van der Waals surface area contributed by atoms with E-state index in [0.717, 1.165) is 17.1 Å². The zero-order valence-corrected chi connectivity index (χ0v) is 12.4. The van der Waals surface area contributed by atoms with Gasteiger partial charge in [0.2, 0.25) is 0 Å². The SMILES string of the molecule is COC(=O)c1cn(C[Si](C)(C)C)c2ccccc12. The van der Waals surface area contributed by atoms with Crippen LogP contribution < -0.4 is 0 Å². The number of nitrogens with zero attached hydrogens (tertiary/aromatic N) is 1. The molecular weight excluding hydrogens is 242 g/mol. The molecule has 0 saturated carbocycles. The normalized spacial score (nSPS) is 11.8. The van der Waals surface area contributed by atoms with Crippen molar-refractivity contribution in [3.63, 3.8) is 0 Å². The van der Waals surface area contributed by atoms with Crippen LogP contribution in [0.1, 0.15) is 10.4 Å². The van der Waals surface area contributed by atoms with Crippen molar-refractivity contribution in [1.29, 1.82) is 0 Å². The zero-order valence-electron chi connectivity index (χ0n) is 11.4. The van der Waals surface area contributed by atoms with Crippen LogP contribution in [0.25, 0.3) is 10.9 Å². The highest BCUT2D eigenvalue weighted by molar-refractivity contribution is 6.75. The van der Waals surface area contributed by atoms with Crippen LogP contribution in [-0.2, 0) is 10.9 Å². The van der Waals surface area contributed by atoms with Crippen LogP contribution >= 0.6 is 0 Å². The fraction of sp³-hybridized carbons (Fsp3) is 0.357. The first-order valence-electron chi connectivity index (χ1n) is 6.08. The molecule has 2 rings (SSSR count). The van der Waals surface area contributed by atoms with Crippen molar-refractivity contribution >= 4 is 24.9 Å². The maximum atomic E-state index is 11.8. The Morgan fingerprint density at radius 1 is 1.28 bits per heavy atom. The summed E-state index contributed by atoms with van der Waals surface area (Å²) in [6, 6.07) is 7.99. The molecule has 1 heterocycles. The minimum absolute atomic E-state index is 0.263. The number of hydrogen-bond acceptors (Lipinski definition) is 2. The number of aromatic nitrogens is 1. The Morgan fingerprint density at radius 3 is 2.56 bits per heavy atom. The number of benzene rings is 1. The van der Waals surface area contributed by atoms with Gasteiger partial charge >= 0.3 is 5.97 Å². The summed E-state index contributed by atoms with van der Waals surface area (Å²) in [5.41, 5.74) is 1.77. The second-order valence-electron chi connectivity index (χ2n) is 5.74. The number of ether oxygens (including phenoxy) is 1. The van der Waals surface area contributed by atoms with E-state index in [0.29, 0.717) is 5.56 Å². The monoisotopic (exact) mass is 261 g/mol. The summed E-state index contributed by atoms with van der Waals surface area (Å²) in [5.74, 6) is -0.263. The fourth-order valence-corrected chi connectivity index (χ4v) is 3.44. The van der Waals surface area contributed by atoms with Gasteiger partial charge in [0.25, 0.3) is 0 Å². The molecule has 4 heteroatoms. The second-order valence-corrected chi connectivity index (χ2v) is 11.2. The van der Waals surface area contributed by atoms with Crippen LogP contribution in [0.2, 0.25) is 19.6 Å². The maximum absolute atomic E-state index is 11.8. The molecule has 0 N–H and O–H groups in total. The van der Waals surface area contributed by atoms with Crippen LogP contribution in [0.5, 0.6) is 0 Å². The molecule has 0 aliphatic carbocycles. The number of rotatable bonds is 3. The average molecular weight is 261 g/mol. The summed E-state index contributed by atoms with van der Waals surface area (Å²) in [6.45, 7) is 6.96. The highest BCUT2D eigenvalue weighted by Crippen LogP contribution is 2.23. The Labute approximate surface area is 108 Å². The summed E-state index contributed by atoms with van der Waals surface area (Å²) in [6.07, 6.45) is 2.93. The molecule has 0 atom stereocenters. The molecule has 3 nitrogen and oxygen atoms in total. The zero-order chi connectivity index (χ0) is 13.3. The van der Waals surface area contributed by atoms with Gasteiger partial charge < -0.3 is 9.30 Å². The number of carbonyl (C=O) groups excluding carboxylic acids is 1. The molecular formula is C14H19NO2Si. The smallest absolute Gasteiger partial charge is 0.340 e. The Hall–Kier alpha value is -1.55. The third kappa shape index (κ3) is 2.48. The van der Waals surface area contributed by atoms with Crippen LogP contribution in [-0.4, -0.2) is 25.7 Å². The first-order valence-corrected chi connectivity index (χ1v) is 9.79. The molecule has 0 fully saturated rings. The Balaban J connectivity index is 2.58. The number of fused-ring (bicyclic) bond motifs is 1. The highest BCUT2D eigenvalue weighted by atomic mass is 28.3. The third-order valence-corrected chi connectivity index (χ3v) is 4.13. The molecule has 96 valence electrons. The Morgan fingerprint density at radius 2 is 1.94 bits per heavy atom. The molecule has 0 spiro atoms. The maximum Gasteiger partial charge on any atom is 0.340 e. The van der Waals surface area contributed by atoms with E-state index in [1.807, 2.05) is 24.4 Å². The molecule has 2 aromatic rings. The number of para-hydroxylation sites is 1. The van der Waals surface area contributed by atoms with Crippen LogP contribution in [0.15, 0.2) is 30.5 Å². The number of carbonyl (C=O) groups is 1. The molecule has 0 aliphatic rings. The number of hydrogen-bond donors (Lipinski definition) is 0. The predicted molar refractivity (Wildman–Crippen MR) is 76.6 cm³/mol. The molecule has 1 aromatic heterocycles. The van der Waals surface area contributed by atoms with E-state index in [4.69, 9.17) is 4.74 Å². The van der Waals surface area contributed by atoms with Crippen LogP contribution in [0.4, 0.5) is 0 Å². The van der Waals surface area contributed by atoms with Gasteiger partial charge in [0, 0.05) is 23.3 Å². The Bertz CT molecular complexity index is 581. The summed E-state index contributed by atoms with van der Waals surface area (Å²) < 4.78 is 7.04. The van der Waals surface area contributed by atoms with E-state index >= 15 is 0 Å². The molecule has 0 radical (unpaired) electrons.